The molecular formula is C22H25N5O2S. The molecule has 2 N–H and O–H groups in total. The molecule has 0 radical (unpaired) electrons. The van der Waals surface area contributed by atoms with Crippen LogP contribution in [-0.2, 0) is 16.0 Å². The van der Waals surface area contributed by atoms with Gasteiger partial charge < -0.3 is 10.6 Å². The van der Waals surface area contributed by atoms with Crippen molar-refractivity contribution in [2.75, 3.05) is 23.7 Å². The lowest BCUT2D eigenvalue weighted by Crippen LogP contribution is -2.35. The zero-order valence-electron chi connectivity index (χ0n) is 16.8. The molecule has 2 aromatic rings. The Labute approximate surface area is 180 Å². The maximum Gasteiger partial charge on any atom is 0.225 e. The molecule has 8 heteroatoms. The minimum atomic E-state index is -0.125. The molecule has 0 saturated carbocycles. The van der Waals surface area contributed by atoms with Crippen LogP contribution in [0.25, 0.3) is 6.08 Å². The fraction of sp³-hybridized carbons (Fsp3) is 0.409. The van der Waals surface area contributed by atoms with Gasteiger partial charge in [-0.15, -0.1) is 0 Å². The van der Waals surface area contributed by atoms with Crippen LogP contribution in [0.3, 0.4) is 0 Å². The second kappa shape index (κ2) is 9.38. The Morgan fingerprint density at radius 3 is 2.77 bits per heavy atom. The van der Waals surface area contributed by atoms with E-state index in [1.807, 2.05) is 6.07 Å². The van der Waals surface area contributed by atoms with Gasteiger partial charge in [-0.1, -0.05) is 0 Å². The van der Waals surface area contributed by atoms with E-state index in [4.69, 9.17) is 5.73 Å². The van der Waals surface area contributed by atoms with Crippen LogP contribution >= 0.6 is 11.8 Å². The number of hydrogen-bond donors (Lipinski definition) is 1. The molecule has 0 aliphatic carbocycles. The summed E-state index contributed by atoms with van der Waals surface area (Å²) in [5, 5.41) is -0.103. The highest BCUT2D eigenvalue weighted by Crippen LogP contribution is 2.31. The lowest BCUT2D eigenvalue weighted by Gasteiger charge is -2.32. The summed E-state index contributed by atoms with van der Waals surface area (Å²) >= 11 is 1.00. The molecule has 0 amide bonds. The van der Waals surface area contributed by atoms with Crippen molar-refractivity contribution in [1.82, 2.24) is 15.0 Å². The number of hydrogen-bond acceptors (Lipinski definition) is 8. The molecule has 7 nitrogen and oxygen atoms in total. The summed E-state index contributed by atoms with van der Waals surface area (Å²) < 4.78 is 0. The van der Waals surface area contributed by atoms with Crippen molar-refractivity contribution >= 4 is 40.4 Å². The van der Waals surface area contributed by atoms with Gasteiger partial charge in [0, 0.05) is 25.5 Å². The number of allylic oxidation sites excluding steroid dienone is 1. The number of aromatic nitrogens is 3. The highest BCUT2D eigenvalue weighted by molar-refractivity contribution is 8.18. The van der Waals surface area contributed by atoms with Crippen LogP contribution in [0.2, 0.25) is 0 Å². The van der Waals surface area contributed by atoms with Crippen molar-refractivity contribution in [1.29, 1.82) is 0 Å². The van der Waals surface area contributed by atoms with E-state index in [-0.39, 0.29) is 17.3 Å². The maximum absolute atomic E-state index is 11.8. The molecule has 0 aromatic carbocycles. The van der Waals surface area contributed by atoms with Crippen LogP contribution in [0, 0.1) is 5.92 Å². The second-order valence-corrected chi connectivity index (χ2v) is 8.86. The Bertz CT molecular complexity index is 970. The summed E-state index contributed by atoms with van der Waals surface area (Å²) in [7, 11) is 0. The first-order chi connectivity index (χ1) is 14.6. The number of Topliss-reactive ketones (excluding diaryl/α,β-unsaturated/α-hetero) is 1. The van der Waals surface area contributed by atoms with Gasteiger partial charge in [0.1, 0.15) is 0 Å². The third-order valence-electron chi connectivity index (χ3n) is 5.65. The van der Waals surface area contributed by atoms with Crippen molar-refractivity contribution in [2.24, 2.45) is 5.92 Å². The number of aryl methyl sites for hydroxylation is 1. The topological polar surface area (TPSA) is 102 Å². The van der Waals surface area contributed by atoms with E-state index < -0.39 is 0 Å². The molecule has 4 heterocycles. The van der Waals surface area contributed by atoms with E-state index in [1.165, 1.54) is 12.0 Å². The Morgan fingerprint density at radius 2 is 2.03 bits per heavy atom. The Kier molecular flexibility index (Phi) is 6.42. The number of piperidine rings is 1. The molecule has 156 valence electrons. The highest BCUT2D eigenvalue weighted by Gasteiger charge is 2.26. The Morgan fingerprint density at radius 1 is 1.20 bits per heavy atom. The molecule has 30 heavy (non-hydrogen) atoms. The van der Waals surface area contributed by atoms with Crippen molar-refractivity contribution in [3.05, 3.63) is 46.9 Å². The van der Waals surface area contributed by atoms with Gasteiger partial charge in [-0.2, -0.15) is 0 Å². The first kappa shape index (κ1) is 20.5. The number of anilines is 2. The smallest absolute Gasteiger partial charge is 0.225 e. The normalized spacial score (nSPS) is 19.1. The molecule has 2 fully saturated rings. The van der Waals surface area contributed by atoms with Gasteiger partial charge in [0.2, 0.25) is 11.1 Å². The number of thioether (sulfide) groups is 1. The number of rotatable bonds is 6. The summed E-state index contributed by atoms with van der Waals surface area (Å²) in [4.78, 5) is 39.0. The molecule has 2 aromatic heterocycles. The third-order valence-corrected chi connectivity index (χ3v) is 6.59. The molecular weight excluding hydrogens is 398 g/mol. The zero-order chi connectivity index (χ0) is 20.9. The van der Waals surface area contributed by atoms with Crippen LogP contribution in [0.4, 0.5) is 11.6 Å². The van der Waals surface area contributed by atoms with Gasteiger partial charge in [0.25, 0.3) is 0 Å². The average molecular weight is 424 g/mol. The summed E-state index contributed by atoms with van der Waals surface area (Å²) in [5.74, 6) is 1.27. The van der Waals surface area contributed by atoms with E-state index in [0.717, 1.165) is 56.2 Å². The van der Waals surface area contributed by atoms with Crippen LogP contribution in [0.5, 0.6) is 0 Å². The number of pyridine rings is 1. The lowest BCUT2D eigenvalue weighted by molar-refractivity contribution is -0.119. The molecule has 0 atom stereocenters. The van der Waals surface area contributed by atoms with Crippen molar-refractivity contribution in [2.45, 2.75) is 38.5 Å². The van der Waals surface area contributed by atoms with Crippen LogP contribution < -0.4 is 10.6 Å². The summed E-state index contributed by atoms with van der Waals surface area (Å²) in [6, 6.07) is 3.77. The minimum Gasteiger partial charge on any atom is -0.397 e. The highest BCUT2D eigenvalue weighted by atomic mass is 32.2. The monoisotopic (exact) mass is 423 g/mol. The number of ketones is 1. The van der Waals surface area contributed by atoms with Crippen LogP contribution in [0.1, 0.15) is 43.4 Å². The van der Waals surface area contributed by atoms with E-state index in [2.05, 4.69) is 19.9 Å². The van der Waals surface area contributed by atoms with Gasteiger partial charge in [0.15, 0.2) is 5.78 Å². The minimum absolute atomic E-state index is 0.0181. The second-order valence-electron chi connectivity index (χ2n) is 7.76. The van der Waals surface area contributed by atoms with Crippen LogP contribution in [-0.4, -0.2) is 38.9 Å². The van der Waals surface area contributed by atoms with Crippen molar-refractivity contribution in [3.8, 4) is 0 Å². The average Bonchev–Trinajstić information content (AvgIpc) is 3.07. The van der Waals surface area contributed by atoms with E-state index in [0.29, 0.717) is 22.5 Å². The predicted octanol–water partition coefficient (Wildman–Crippen LogP) is 3.27. The molecule has 0 bridgehead atoms. The Balaban J connectivity index is 1.29. The molecule has 0 unspecified atom stereocenters. The van der Waals surface area contributed by atoms with Crippen molar-refractivity contribution < 1.29 is 9.59 Å². The number of nitrogens with zero attached hydrogens (tertiary/aromatic N) is 4. The SMILES string of the molecule is Nc1cnccc1CCCC1CCN(c2nccc(/C=C3\SC(=O)CC3=O)n2)CC1. The van der Waals surface area contributed by atoms with E-state index in [9.17, 15) is 9.59 Å². The number of nitrogens with two attached hydrogens (primary N) is 1. The first-order valence-corrected chi connectivity index (χ1v) is 11.1. The molecule has 2 saturated heterocycles. The summed E-state index contributed by atoms with van der Waals surface area (Å²) in [5.41, 5.74) is 8.61. The lowest BCUT2D eigenvalue weighted by atomic mass is 9.91. The predicted molar refractivity (Wildman–Crippen MR) is 119 cm³/mol. The molecule has 4 rings (SSSR count). The van der Waals surface area contributed by atoms with Gasteiger partial charge in [-0.25, -0.2) is 9.97 Å². The summed E-state index contributed by atoms with van der Waals surface area (Å²) in [6.07, 6.45) is 12.5. The number of nitrogen functional groups attached to an aromatic ring is 1. The number of carbonyl (C=O) groups is 2. The largest absolute Gasteiger partial charge is 0.397 e. The van der Waals surface area contributed by atoms with Crippen LogP contribution in [0.15, 0.2) is 35.6 Å². The fourth-order valence-electron chi connectivity index (χ4n) is 3.94. The van der Waals surface area contributed by atoms with Gasteiger partial charge >= 0.3 is 0 Å². The zero-order valence-corrected chi connectivity index (χ0v) is 17.6. The quantitative estimate of drug-likeness (QED) is 0.558. The molecule has 2 aliphatic rings. The van der Waals surface area contributed by atoms with Gasteiger partial charge in [-0.05, 0) is 73.6 Å². The Hall–Kier alpha value is -2.74. The first-order valence-electron chi connectivity index (χ1n) is 10.3. The fourth-order valence-corrected chi connectivity index (χ4v) is 4.75. The van der Waals surface area contributed by atoms with E-state index >= 15 is 0 Å². The molecule has 2 aliphatic heterocycles. The van der Waals surface area contributed by atoms with E-state index in [1.54, 1.807) is 30.7 Å². The third kappa shape index (κ3) is 5.05. The maximum atomic E-state index is 11.8. The van der Waals surface area contributed by atoms with Gasteiger partial charge in [0.05, 0.1) is 28.9 Å². The standard InChI is InChI=1S/C22H25N5O2S/c23-18-14-24-8-4-16(18)3-1-2-15-6-10-27(11-7-15)22-25-9-5-17(26-22)12-20-19(28)13-21(29)30-20/h4-5,8-9,12,14-15H,1-3,6-7,10-11,13,23H2/b20-12-. The number of carbonyl (C=O) groups excluding carboxylic acids is 2. The summed E-state index contributed by atoms with van der Waals surface area (Å²) in [6.45, 7) is 1.85. The van der Waals surface area contributed by atoms with Crippen molar-refractivity contribution in [3.63, 3.8) is 0 Å². The van der Waals surface area contributed by atoms with Gasteiger partial charge in [-0.3, -0.25) is 14.6 Å². The molecule has 0 spiro atoms.